The van der Waals surface area contributed by atoms with Crippen molar-refractivity contribution in [1.82, 2.24) is 15.1 Å². The molecule has 114 valence electrons. The first-order valence-electron chi connectivity index (χ1n) is 7.85. The van der Waals surface area contributed by atoms with E-state index in [9.17, 15) is 0 Å². The van der Waals surface area contributed by atoms with Gasteiger partial charge in [0.25, 0.3) is 0 Å². The molecule has 0 aliphatic carbocycles. The summed E-state index contributed by atoms with van der Waals surface area (Å²) in [5.41, 5.74) is 1.35. The van der Waals surface area contributed by atoms with Crippen LogP contribution in [0.1, 0.15) is 37.5 Å². The molecule has 1 atom stereocenters. The summed E-state index contributed by atoms with van der Waals surface area (Å²) < 4.78 is 5.64. The third kappa shape index (κ3) is 4.33. The summed E-state index contributed by atoms with van der Waals surface area (Å²) in [4.78, 5) is 4.90. The summed E-state index contributed by atoms with van der Waals surface area (Å²) in [7, 11) is 4.32. The molecule has 1 aromatic heterocycles. The number of furan rings is 1. The number of hydrogen-bond donors (Lipinski definition) is 1. The van der Waals surface area contributed by atoms with Gasteiger partial charge in [0.15, 0.2) is 0 Å². The van der Waals surface area contributed by atoms with Crippen molar-refractivity contribution in [1.29, 1.82) is 0 Å². The fourth-order valence-corrected chi connectivity index (χ4v) is 2.99. The molecule has 4 heteroatoms. The van der Waals surface area contributed by atoms with Crippen molar-refractivity contribution in [2.75, 3.05) is 33.7 Å². The van der Waals surface area contributed by atoms with Gasteiger partial charge in [0.1, 0.15) is 5.76 Å². The van der Waals surface area contributed by atoms with Crippen LogP contribution >= 0.6 is 0 Å². The van der Waals surface area contributed by atoms with Gasteiger partial charge in [-0.2, -0.15) is 0 Å². The van der Waals surface area contributed by atoms with Crippen molar-refractivity contribution in [3.8, 4) is 0 Å². The van der Waals surface area contributed by atoms with E-state index in [0.29, 0.717) is 6.04 Å². The second kappa shape index (κ2) is 7.81. The van der Waals surface area contributed by atoms with Crippen LogP contribution in [-0.4, -0.2) is 49.6 Å². The van der Waals surface area contributed by atoms with Crippen LogP contribution in [0.5, 0.6) is 0 Å². The molecule has 20 heavy (non-hydrogen) atoms. The maximum absolute atomic E-state index is 5.64. The Hall–Kier alpha value is -0.840. The number of likely N-dealkylation sites (tertiary alicyclic amines) is 1. The van der Waals surface area contributed by atoms with Crippen LogP contribution in [0.15, 0.2) is 16.7 Å². The molecule has 1 aromatic rings. The molecule has 1 saturated heterocycles. The van der Waals surface area contributed by atoms with Gasteiger partial charge in [0, 0.05) is 24.7 Å². The van der Waals surface area contributed by atoms with E-state index in [1.54, 1.807) is 0 Å². The maximum atomic E-state index is 5.64. The second-order valence-corrected chi connectivity index (χ2v) is 6.07. The summed E-state index contributed by atoms with van der Waals surface area (Å²) in [5, 5.41) is 3.43. The quantitative estimate of drug-likeness (QED) is 0.740. The molecule has 2 heterocycles. The Labute approximate surface area is 123 Å². The minimum Gasteiger partial charge on any atom is -0.468 e. The molecule has 1 fully saturated rings. The van der Waals surface area contributed by atoms with E-state index < -0.39 is 0 Å². The van der Waals surface area contributed by atoms with Crippen LogP contribution in [0.3, 0.4) is 0 Å². The van der Waals surface area contributed by atoms with Crippen LogP contribution in [0.2, 0.25) is 0 Å². The lowest BCUT2D eigenvalue weighted by atomic mass is 10.2. The van der Waals surface area contributed by atoms with E-state index >= 15 is 0 Å². The fourth-order valence-electron chi connectivity index (χ4n) is 2.99. The fraction of sp³-hybridized carbons (Fsp3) is 0.750. The van der Waals surface area contributed by atoms with Gasteiger partial charge in [-0.1, -0.05) is 6.92 Å². The Morgan fingerprint density at radius 3 is 3.05 bits per heavy atom. The van der Waals surface area contributed by atoms with Crippen molar-refractivity contribution in [3.05, 3.63) is 23.7 Å². The highest BCUT2D eigenvalue weighted by molar-refractivity contribution is 5.17. The topological polar surface area (TPSA) is 31.7 Å². The van der Waals surface area contributed by atoms with E-state index in [1.807, 2.05) is 6.26 Å². The van der Waals surface area contributed by atoms with Crippen LogP contribution in [0.25, 0.3) is 0 Å². The summed E-state index contributed by atoms with van der Waals surface area (Å²) >= 11 is 0. The van der Waals surface area contributed by atoms with Crippen molar-refractivity contribution in [2.24, 2.45) is 0 Å². The average molecular weight is 279 g/mol. The van der Waals surface area contributed by atoms with Crippen LogP contribution in [0.4, 0.5) is 0 Å². The lowest BCUT2D eigenvalue weighted by molar-refractivity contribution is 0.200. The van der Waals surface area contributed by atoms with E-state index in [4.69, 9.17) is 4.42 Å². The van der Waals surface area contributed by atoms with Crippen LogP contribution in [0, 0.1) is 0 Å². The molecule has 0 spiro atoms. The standard InChI is InChI=1S/C16H29N3O/c1-4-8-17-11-16-14(7-10-20-16)12-19-9-5-6-15(19)13-18(2)3/h7,10,15,17H,4-6,8-9,11-13H2,1-3H3. The maximum Gasteiger partial charge on any atom is 0.122 e. The predicted molar refractivity (Wildman–Crippen MR) is 82.7 cm³/mol. The zero-order valence-corrected chi connectivity index (χ0v) is 13.2. The van der Waals surface area contributed by atoms with Gasteiger partial charge in [-0.15, -0.1) is 0 Å². The van der Waals surface area contributed by atoms with E-state index in [-0.39, 0.29) is 0 Å². The lowest BCUT2D eigenvalue weighted by Crippen LogP contribution is -2.37. The Morgan fingerprint density at radius 1 is 1.45 bits per heavy atom. The second-order valence-electron chi connectivity index (χ2n) is 6.07. The van der Waals surface area contributed by atoms with Gasteiger partial charge >= 0.3 is 0 Å². The summed E-state index contributed by atoms with van der Waals surface area (Å²) in [5.74, 6) is 1.11. The Kier molecular flexibility index (Phi) is 6.07. The average Bonchev–Trinajstić information content (AvgIpc) is 3.01. The smallest absolute Gasteiger partial charge is 0.122 e. The summed E-state index contributed by atoms with van der Waals surface area (Å²) in [6.07, 6.45) is 5.63. The molecule has 0 saturated carbocycles. The summed E-state index contributed by atoms with van der Waals surface area (Å²) in [6, 6.07) is 2.82. The van der Waals surface area contributed by atoms with Gasteiger partial charge in [-0.3, -0.25) is 4.90 Å². The molecule has 4 nitrogen and oxygen atoms in total. The molecule has 1 aliphatic rings. The van der Waals surface area contributed by atoms with Crippen molar-refractivity contribution < 1.29 is 4.42 Å². The molecule has 1 unspecified atom stereocenters. The van der Waals surface area contributed by atoms with Crippen LogP contribution < -0.4 is 5.32 Å². The van der Waals surface area contributed by atoms with Crippen molar-refractivity contribution in [2.45, 2.75) is 45.3 Å². The molecule has 2 rings (SSSR count). The number of rotatable bonds is 8. The van der Waals surface area contributed by atoms with Crippen molar-refractivity contribution >= 4 is 0 Å². The number of nitrogens with zero attached hydrogens (tertiary/aromatic N) is 2. The molecule has 0 amide bonds. The highest BCUT2D eigenvalue weighted by atomic mass is 16.3. The number of nitrogens with one attached hydrogen (secondary N) is 1. The Morgan fingerprint density at radius 2 is 2.30 bits per heavy atom. The first-order chi connectivity index (χ1) is 9.70. The van der Waals surface area contributed by atoms with Gasteiger partial charge in [0.05, 0.1) is 12.8 Å². The van der Waals surface area contributed by atoms with Gasteiger partial charge in [-0.25, -0.2) is 0 Å². The van der Waals surface area contributed by atoms with Crippen molar-refractivity contribution in [3.63, 3.8) is 0 Å². The van der Waals surface area contributed by atoms with E-state index in [2.05, 4.69) is 42.2 Å². The summed E-state index contributed by atoms with van der Waals surface area (Å²) in [6.45, 7) is 7.48. The van der Waals surface area contributed by atoms with Gasteiger partial charge < -0.3 is 14.6 Å². The highest BCUT2D eigenvalue weighted by Gasteiger charge is 2.25. The minimum absolute atomic E-state index is 0.691. The molecule has 0 radical (unpaired) electrons. The predicted octanol–water partition coefficient (Wildman–Crippen LogP) is 2.31. The highest BCUT2D eigenvalue weighted by Crippen LogP contribution is 2.22. The minimum atomic E-state index is 0.691. The molecule has 1 N–H and O–H groups in total. The van der Waals surface area contributed by atoms with E-state index in [0.717, 1.165) is 38.4 Å². The third-order valence-electron chi connectivity index (χ3n) is 4.00. The monoisotopic (exact) mass is 279 g/mol. The number of likely N-dealkylation sites (N-methyl/N-ethyl adjacent to an activating group) is 1. The van der Waals surface area contributed by atoms with Crippen LogP contribution in [-0.2, 0) is 13.1 Å². The van der Waals surface area contributed by atoms with E-state index in [1.165, 1.54) is 24.9 Å². The zero-order chi connectivity index (χ0) is 14.4. The SMILES string of the molecule is CCCNCc1occc1CN1CCCC1CN(C)C. The molecular weight excluding hydrogens is 250 g/mol. The third-order valence-corrected chi connectivity index (χ3v) is 4.00. The zero-order valence-electron chi connectivity index (χ0n) is 13.2. The molecule has 0 aromatic carbocycles. The molecule has 0 bridgehead atoms. The largest absolute Gasteiger partial charge is 0.468 e. The lowest BCUT2D eigenvalue weighted by Gasteiger charge is -2.26. The Bertz CT molecular complexity index is 389. The first kappa shape index (κ1) is 15.5. The first-order valence-corrected chi connectivity index (χ1v) is 7.85. The number of hydrogen-bond acceptors (Lipinski definition) is 4. The molecular formula is C16H29N3O. The van der Waals surface area contributed by atoms with Gasteiger partial charge in [0.2, 0.25) is 0 Å². The molecule has 1 aliphatic heterocycles. The van der Waals surface area contributed by atoms with Gasteiger partial charge in [-0.05, 0) is 52.5 Å². The Balaban J connectivity index is 1.90. The normalized spacial score (nSPS) is 20.1.